The Morgan fingerprint density at radius 3 is 2.95 bits per heavy atom. The summed E-state index contributed by atoms with van der Waals surface area (Å²) >= 11 is 1.62. The lowest BCUT2D eigenvalue weighted by atomic mass is 9.91. The molecular weight excluding hydrogens is 261 g/mol. The van der Waals surface area contributed by atoms with Crippen LogP contribution < -0.4 is 11.1 Å². The number of halogens is 1. The summed E-state index contributed by atoms with van der Waals surface area (Å²) in [6, 6.07) is 0. The summed E-state index contributed by atoms with van der Waals surface area (Å²) in [6.07, 6.45) is 6.30. The number of nitrogens with zero attached hydrogens (tertiary/aromatic N) is 1. The number of aliphatic imine (C=N–C) groups is 1. The quantitative estimate of drug-likeness (QED) is 0.738. The zero-order valence-corrected chi connectivity index (χ0v) is 12.8. The Kier molecular flexibility index (Phi) is 6.58. The highest BCUT2D eigenvalue weighted by Gasteiger charge is 2.26. The van der Waals surface area contributed by atoms with E-state index in [1.165, 1.54) is 11.6 Å². The first-order valence-electron chi connectivity index (χ1n) is 6.60. The average molecular weight is 285 g/mol. The third kappa shape index (κ3) is 6.25. The van der Waals surface area contributed by atoms with Crippen LogP contribution in [0.15, 0.2) is 28.5 Å². The minimum atomic E-state index is -0.149. The number of nitrogens with one attached hydrogen (secondary N) is 1. The van der Waals surface area contributed by atoms with Crippen LogP contribution >= 0.6 is 11.8 Å². The topological polar surface area (TPSA) is 50.4 Å². The van der Waals surface area contributed by atoms with Gasteiger partial charge in [-0.05, 0) is 46.2 Å². The second-order valence-corrected chi connectivity index (χ2v) is 6.32. The first kappa shape index (κ1) is 16.2. The molecule has 0 aromatic carbocycles. The molecule has 3 nitrogen and oxygen atoms in total. The molecular formula is C14H24FN3S. The Hall–Kier alpha value is -0.810. The van der Waals surface area contributed by atoms with Crippen molar-refractivity contribution in [2.24, 2.45) is 10.7 Å². The monoisotopic (exact) mass is 285 g/mol. The molecule has 0 radical (unpaired) electrons. The van der Waals surface area contributed by atoms with Gasteiger partial charge in [0.1, 0.15) is 5.83 Å². The molecule has 1 aliphatic rings. The van der Waals surface area contributed by atoms with Gasteiger partial charge in [0.15, 0.2) is 5.17 Å². The maximum atomic E-state index is 13.2. The fraction of sp³-hybridized carbons (Fsp3) is 0.643. The van der Waals surface area contributed by atoms with Crippen LogP contribution in [0.25, 0.3) is 0 Å². The van der Waals surface area contributed by atoms with E-state index in [9.17, 15) is 4.39 Å². The van der Waals surface area contributed by atoms with Gasteiger partial charge in [0.05, 0.1) is 5.54 Å². The van der Waals surface area contributed by atoms with Gasteiger partial charge in [-0.25, -0.2) is 4.39 Å². The van der Waals surface area contributed by atoms with E-state index in [2.05, 4.69) is 17.2 Å². The number of rotatable bonds is 6. The third-order valence-electron chi connectivity index (χ3n) is 3.22. The molecule has 1 aliphatic heterocycles. The average Bonchev–Trinajstić information content (AvgIpc) is 2.34. The molecule has 0 saturated carbocycles. The highest BCUT2D eigenvalue weighted by molar-refractivity contribution is 8.13. The smallest absolute Gasteiger partial charge is 0.154 e. The van der Waals surface area contributed by atoms with Gasteiger partial charge >= 0.3 is 0 Å². The van der Waals surface area contributed by atoms with Crippen molar-refractivity contribution in [3.05, 3.63) is 23.6 Å². The zero-order chi connectivity index (χ0) is 14.3. The molecule has 0 bridgehead atoms. The van der Waals surface area contributed by atoms with Gasteiger partial charge in [-0.15, -0.1) is 0 Å². The first-order valence-corrected chi connectivity index (χ1v) is 7.58. The van der Waals surface area contributed by atoms with Crippen LogP contribution in [0.5, 0.6) is 0 Å². The molecule has 0 spiro atoms. The Morgan fingerprint density at radius 2 is 2.32 bits per heavy atom. The molecule has 0 aromatic heterocycles. The summed E-state index contributed by atoms with van der Waals surface area (Å²) in [4.78, 5) is 4.54. The van der Waals surface area contributed by atoms with E-state index in [1.54, 1.807) is 18.8 Å². The number of allylic oxidation sites excluding steroid dienone is 3. The van der Waals surface area contributed by atoms with E-state index in [0.29, 0.717) is 5.17 Å². The Balaban J connectivity index is 2.49. The third-order valence-corrected chi connectivity index (χ3v) is 4.02. The summed E-state index contributed by atoms with van der Waals surface area (Å²) < 4.78 is 13.2. The number of hydrogen-bond donors (Lipinski definition) is 2. The molecule has 1 heterocycles. The van der Waals surface area contributed by atoms with Crippen molar-refractivity contribution in [2.45, 2.75) is 38.6 Å². The second kappa shape index (κ2) is 7.70. The largest absolute Gasteiger partial charge is 0.379 e. The summed E-state index contributed by atoms with van der Waals surface area (Å²) in [6.45, 7) is 4.45. The van der Waals surface area contributed by atoms with Gasteiger partial charge in [0.25, 0.3) is 0 Å². The normalized spacial score (nSPS) is 25.4. The van der Waals surface area contributed by atoms with E-state index in [4.69, 9.17) is 5.73 Å². The fourth-order valence-electron chi connectivity index (χ4n) is 1.92. The molecule has 3 N–H and O–H groups in total. The predicted octanol–water partition coefficient (Wildman–Crippen LogP) is 3.00. The molecule has 1 rings (SSSR count). The Labute approximate surface area is 119 Å². The number of hydrogen-bond acceptors (Lipinski definition) is 4. The van der Waals surface area contributed by atoms with Crippen molar-refractivity contribution in [3.63, 3.8) is 0 Å². The van der Waals surface area contributed by atoms with E-state index < -0.39 is 0 Å². The lowest BCUT2D eigenvalue weighted by Crippen LogP contribution is -2.30. The molecule has 0 saturated heterocycles. The summed E-state index contributed by atoms with van der Waals surface area (Å²) in [5.74, 6) is 0.884. The molecule has 0 fully saturated rings. The van der Waals surface area contributed by atoms with Crippen molar-refractivity contribution >= 4 is 16.9 Å². The van der Waals surface area contributed by atoms with Crippen molar-refractivity contribution in [1.82, 2.24) is 5.32 Å². The number of likely N-dealkylation sites (N-methyl/N-ethyl adjacent to an activating group) is 1. The van der Waals surface area contributed by atoms with Gasteiger partial charge in [-0.1, -0.05) is 23.4 Å². The zero-order valence-electron chi connectivity index (χ0n) is 12.0. The lowest BCUT2D eigenvalue weighted by Gasteiger charge is -2.29. The number of nitrogens with two attached hydrogens (primary N) is 1. The molecule has 1 atom stereocenters. The van der Waals surface area contributed by atoms with E-state index in [0.717, 1.165) is 25.0 Å². The second-order valence-electron chi connectivity index (χ2n) is 5.20. The molecule has 19 heavy (non-hydrogen) atoms. The minimum absolute atomic E-state index is 0.0579. The predicted molar refractivity (Wildman–Crippen MR) is 83.2 cm³/mol. The van der Waals surface area contributed by atoms with Crippen molar-refractivity contribution in [2.75, 3.05) is 19.3 Å². The Bertz CT molecular complexity index is 390. The molecule has 1 unspecified atom stereocenters. The van der Waals surface area contributed by atoms with E-state index in [1.807, 2.05) is 13.0 Å². The van der Waals surface area contributed by atoms with Crippen LogP contribution in [-0.4, -0.2) is 30.1 Å². The van der Waals surface area contributed by atoms with Gasteiger partial charge in [-0.3, -0.25) is 4.99 Å². The van der Waals surface area contributed by atoms with E-state index >= 15 is 0 Å². The highest BCUT2D eigenvalue weighted by atomic mass is 32.2. The molecule has 5 heteroatoms. The van der Waals surface area contributed by atoms with Gasteiger partial charge in [0, 0.05) is 12.3 Å². The van der Waals surface area contributed by atoms with Gasteiger partial charge < -0.3 is 11.1 Å². The maximum Gasteiger partial charge on any atom is 0.154 e. The maximum absolute atomic E-state index is 13.2. The molecule has 0 aliphatic carbocycles. The van der Waals surface area contributed by atoms with Crippen LogP contribution in [0.1, 0.15) is 33.1 Å². The summed E-state index contributed by atoms with van der Waals surface area (Å²) in [5.41, 5.74) is 6.89. The fourth-order valence-corrected chi connectivity index (χ4v) is 2.96. The Morgan fingerprint density at radius 1 is 1.58 bits per heavy atom. The van der Waals surface area contributed by atoms with E-state index in [-0.39, 0.29) is 17.9 Å². The number of thioether (sulfide) groups is 1. The van der Waals surface area contributed by atoms with Crippen LogP contribution in [0.3, 0.4) is 0 Å². The van der Waals surface area contributed by atoms with Crippen LogP contribution in [0.4, 0.5) is 4.39 Å². The molecule has 108 valence electrons. The highest BCUT2D eigenvalue weighted by Crippen LogP contribution is 2.30. The minimum Gasteiger partial charge on any atom is -0.379 e. The van der Waals surface area contributed by atoms with Gasteiger partial charge in [0.2, 0.25) is 0 Å². The van der Waals surface area contributed by atoms with Crippen molar-refractivity contribution < 1.29 is 4.39 Å². The van der Waals surface area contributed by atoms with Crippen molar-refractivity contribution in [3.8, 4) is 0 Å². The van der Waals surface area contributed by atoms with Crippen molar-refractivity contribution in [1.29, 1.82) is 0 Å². The molecule has 0 aromatic rings. The first-order chi connectivity index (χ1) is 8.95. The SMILES string of the molecule is CNC/C(F)=C\C=C(/C)CCC1(C)CCSC(N)=N1. The van der Waals surface area contributed by atoms with Gasteiger partial charge in [-0.2, -0.15) is 0 Å². The van der Waals surface area contributed by atoms with Crippen LogP contribution in [0, 0.1) is 0 Å². The van der Waals surface area contributed by atoms with Crippen LogP contribution in [0.2, 0.25) is 0 Å². The number of amidine groups is 1. The lowest BCUT2D eigenvalue weighted by molar-refractivity contribution is 0.422. The summed E-state index contributed by atoms with van der Waals surface area (Å²) in [5, 5.41) is 3.47. The summed E-state index contributed by atoms with van der Waals surface area (Å²) in [7, 11) is 1.73. The standard InChI is InChI=1S/C14H24FN3S/c1-11(4-5-12(15)10-17-3)6-7-14(2)8-9-19-13(16)18-14/h4-5,17H,6-10H2,1-3H3,(H2,16,18)/b11-4+,12-5+. The molecule has 0 amide bonds. The van der Waals surface area contributed by atoms with Crippen LogP contribution in [-0.2, 0) is 0 Å².